The number of hydrogen-bond acceptors (Lipinski definition) is 14. The molecule has 1 amide bonds. The first-order chi connectivity index (χ1) is 29.7. The van der Waals surface area contributed by atoms with Gasteiger partial charge in [0.25, 0.3) is 5.91 Å². The van der Waals surface area contributed by atoms with E-state index in [4.69, 9.17) is 35.3 Å². The summed E-state index contributed by atoms with van der Waals surface area (Å²) < 4.78 is 30.3. The number of fused-ring (bicyclic) bond motifs is 5. The molecule has 0 unspecified atom stereocenters. The predicted octanol–water partition coefficient (Wildman–Crippen LogP) is 4.39. The van der Waals surface area contributed by atoms with Crippen LogP contribution in [0.15, 0.2) is 96.1 Å². The number of aliphatic hydroxyl groups excluding tert-OH is 2. The third-order valence-electron chi connectivity index (χ3n) is 13.6. The molecule has 3 aromatic carbocycles. The Kier molecular flexibility index (Phi) is 12.2. The summed E-state index contributed by atoms with van der Waals surface area (Å²) >= 11 is 6.16. The summed E-state index contributed by atoms with van der Waals surface area (Å²) in [4.78, 5) is 83.6. The minimum atomic E-state index is -2.41. The quantitative estimate of drug-likeness (QED) is 0.126. The topological polar surface area (TPSA) is 221 Å². The van der Waals surface area contributed by atoms with E-state index >= 15 is 4.79 Å². The number of ether oxygens (including phenoxy) is 5. The van der Waals surface area contributed by atoms with E-state index in [0.717, 1.165) is 13.8 Å². The summed E-state index contributed by atoms with van der Waals surface area (Å²) in [6.45, 7) is 7.92. The number of aliphatic hydroxyl groups is 3. The largest absolute Gasteiger partial charge is 0.456 e. The van der Waals surface area contributed by atoms with E-state index in [2.05, 4.69) is 5.32 Å². The number of halogens is 1. The number of carbonyl (C=O) groups is 6. The molecule has 11 atom stereocenters. The molecule has 0 spiro atoms. The molecule has 4 N–H and O–H groups in total. The Bertz CT molecular complexity index is 2340. The van der Waals surface area contributed by atoms with E-state index < -0.39 is 113 Å². The highest BCUT2D eigenvalue weighted by atomic mass is 35.5. The first-order valence-corrected chi connectivity index (χ1v) is 21.0. The Morgan fingerprint density at radius 1 is 0.857 bits per heavy atom. The van der Waals surface area contributed by atoms with Gasteiger partial charge in [0, 0.05) is 42.7 Å². The zero-order valence-electron chi connectivity index (χ0n) is 35.5. The molecule has 0 radical (unpaired) electrons. The van der Waals surface area contributed by atoms with Crippen LogP contribution in [-0.4, -0.2) is 105 Å². The Morgan fingerprint density at radius 3 is 2.02 bits per heavy atom. The van der Waals surface area contributed by atoms with Crippen LogP contribution in [0.3, 0.4) is 0 Å². The minimum absolute atomic E-state index is 0.0171. The first kappa shape index (κ1) is 45.6. The van der Waals surface area contributed by atoms with Gasteiger partial charge in [-0.2, -0.15) is 0 Å². The van der Waals surface area contributed by atoms with Crippen molar-refractivity contribution in [1.82, 2.24) is 5.32 Å². The van der Waals surface area contributed by atoms with Gasteiger partial charge in [-0.3, -0.25) is 19.2 Å². The van der Waals surface area contributed by atoms with Gasteiger partial charge in [0.05, 0.1) is 35.6 Å². The van der Waals surface area contributed by atoms with Crippen molar-refractivity contribution in [1.29, 1.82) is 0 Å². The number of amides is 1. The van der Waals surface area contributed by atoms with Crippen molar-refractivity contribution in [2.24, 2.45) is 16.7 Å². The van der Waals surface area contributed by atoms with E-state index in [1.807, 2.05) is 0 Å². The monoisotopic (exact) mass is 887 g/mol. The van der Waals surface area contributed by atoms with Crippen LogP contribution in [0.4, 0.5) is 0 Å². The standard InChI is InChI=1S/C47H50ClNO14/c1-24-31(61-43(57)36(53)35(27-17-19-30(48)20-18-27)49-41(55)28-13-9-7-10-14-28)22-47(58)40(62-42(56)29-15-11-8-12-16-29)38-45(6,32(52)21-33-46(38,23-59-33)63-26(3)51)39(54)37(60-25(2)50)34(24)44(47,4)5/h7-20,31-33,35-38,40,52-53,58H,21-23H2,1-6H3,(H,49,55)/t31-,32-,33+,35+,36+,37+,38-,40-,45+,46-,47+/m0/s1. The Hall–Kier alpha value is -5.45. The number of Topliss-reactive ketones (excluding diaryl/α,β-unsaturated/α-hetero) is 1. The van der Waals surface area contributed by atoms with Gasteiger partial charge in [-0.05, 0) is 67.0 Å². The van der Waals surface area contributed by atoms with Gasteiger partial charge < -0.3 is 44.3 Å². The number of benzene rings is 3. The molecule has 334 valence electrons. The second kappa shape index (κ2) is 16.9. The van der Waals surface area contributed by atoms with Crippen LogP contribution in [0.1, 0.15) is 86.7 Å². The number of ketones is 1. The second-order valence-corrected chi connectivity index (χ2v) is 17.9. The van der Waals surface area contributed by atoms with Crippen molar-refractivity contribution < 1.29 is 67.8 Å². The van der Waals surface area contributed by atoms with Crippen LogP contribution < -0.4 is 5.32 Å². The lowest BCUT2D eigenvalue weighted by atomic mass is 9.44. The zero-order valence-corrected chi connectivity index (χ0v) is 36.3. The molecular weight excluding hydrogens is 838 g/mol. The molecule has 1 heterocycles. The Balaban J connectivity index is 1.39. The number of carbonyl (C=O) groups excluding carboxylic acids is 6. The van der Waals surface area contributed by atoms with Gasteiger partial charge in [0.2, 0.25) is 0 Å². The molecular formula is C47H50ClNO14. The lowest BCUT2D eigenvalue weighted by Gasteiger charge is -2.67. The second-order valence-electron chi connectivity index (χ2n) is 17.5. The average molecular weight is 888 g/mol. The lowest BCUT2D eigenvalue weighted by molar-refractivity contribution is -0.346. The van der Waals surface area contributed by atoms with Gasteiger partial charge in [-0.1, -0.05) is 74.0 Å². The van der Waals surface area contributed by atoms with Crippen LogP contribution in [0.25, 0.3) is 0 Å². The maximum absolute atomic E-state index is 15.5. The van der Waals surface area contributed by atoms with Crippen molar-refractivity contribution in [3.63, 3.8) is 0 Å². The maximum Gasteiger partial charge on any atom is 0.338 e. The summed E-state index contributed by atoms with van der Waals surface area (Å²) in [5.41, 5.74) is -7.21. The summed E-state index contributed by atoms with van der Waals surface area (Å²) in [6, 6.07) is 20.6. The van der Waals surface area contributed by atoms with Crippen molar-refractivity contribution >= 4 is 47.2 Å². The van der Waals surface area contributed by atoms with E-state index in [1.54, 1.807) is 62.4 Å². The molecule has 7 rings (SSSR count). The summed E-state index contributed by atoms with van der Waals surface area (Å²) in [6.07, 6.45) is -10.7. The molecule has 3 aliphatic carbocycles. The van der Waals surface area contributed by atoms with Crippen molar-refractivity contribution in [3.8, 4) is 0 Å². The highest BCUT2D eigenvalue weighted by Gasteiger charge is 2.78. The van der Waals surface area contributed by atoms with E-state index in [0.29, 0.717) is 5.02 Å². The van der Waals surface area contributed by atoms with Crippen LogP contribution in [0, 0.1) is 16.7 Å². The molecule has 0 aromatic heterocycles. The number of hydrogen-bond donors (Lipinski definition) is 4. The third-order valence-corrected chi connectivity index (χ3v) is 13.8. The molecule has 63 heavy (non-hydrogen) atoms. The minimum Gasteiger partial charge on any atom is -0.456 e. The maximum atomic E-state index is 15.5. The SMILES string of the molecule is CC(=O)O[C@H]1C(=O)[C@@]2(C)[C@H]([C@H](OC(=O)c3ccccc3)[C@]3(O)C[C@H](OC(=O)[C@H](O)[C@H](NC(=O)c4ccccc4)c4ccc(Cl)cc4)C(C)=C1C3(C)C)[C@]1(OC(C)=O)CO[C@@H]1C[C@@H]2O. The molecule has 16 heteroatoms. The fourth-order valence-corrected chi connectivity index (χ4v) is 10.3. The normalized spacial score (nSPS) is 31.6. The van der Waals surface area contributed by atoms with Crippen molar-refractivity contribution in [2.45, 2.75) is 108 Å². The Morgan fingerprint density at radius 2 is 1.46 bits per heavy atom. The summed E-state index contributed by atoms with van der Waals surface area (Å²) in [7, 11) is 0. The van der Waals surface area contributed by atoms with Crippen molar-refractivity contribution in [3.05, 3.63) is 118 Å². The van der Waals surface area contributed by atoms with Gasteiger partial charge >= 0.3 is 23.9 Å². The molecule has 3 fully saturated rings. The van der Waals surface area contributed by atoms with Crippen LogP contribution >= 0.6 is 11.6 Å². The number of rotatable bonds is 10. The van der Waals surface area contributed by atoms with Gasteiger partial charge in [0.1, 0.15) is 23.9 Å². The Labute approximate surface area is 368 Å². The summed E-state index contributed by atoms with van der Waals surface area (Å²) in [5, 5.41) is 40.6. The van der Waals surface area contributed by atoms with E-state index in [1.165, 1.54) is 50.2 Å². The van der Waals surface area contributed by atoms with Crippen molar-refractivity contribution in [2.75, 3.05) is 6.61 Å². The third kappa shape index (κ3) is 7.73. The van der Waals surface area contributed by atoms with Gasteiger partial charge in [0.15, 0.2) is 23.6 Å². The summed E-state index contributed by atoms with van der Waals surface area (Å²) in [5.74, 6) is -6.95. The van der Waals surface area contributed by atoms with Crippen LogP contribution in [-0.2, 0) is 42.9 Å². The van der Waals surface area contributed by atoms with Crippen LogP contribution in [0.5, 0.6) is 0 Å². The molecule has 1 saturated heterocycles. The fraction of sp³-hybridized carbons (Fsp3) is 0.447. The predicted molar refractivity (Wildman–Crippen MR) is 223 cm³/mol. The average Bonchev–Trinajstić information content (AvgIpc) is 3.24. The zero-order chi connectivity index (χ0) is 45.8. The molecule has 2 bridgehead atoms. The van der Waals surface area contributed by atoms with E-state index in [9.17, 15) is 39.3 Å². The van der Waals surface area contributed by atoms with Crippen LogP contribution in [0.2, 0.25) is 5.02 Å². The number of esters is 4. The molecule has 15 nitrogen and oxygen atoms in total. The van der Waals surface area contributed by atoms with Gasteiger partial charge in [-0.25, -0.2) is 9.59 Å². The number of nitrogens with one attached hydrogen (secondary N) is 1. The van der Waals surface area contributed by atoms with E-state index in [-0.39, 0.29) is 40.9 Å². The highest BCUT2D eigenvalue weighted by Crippen LogP contribution is 2.64. The smallest absolute Gasteiger partial charge is 0.338 e. The molecule has 1 aliphatic heterocycles. The molecule has 4 aliphatic rings. The van der Waals surface area contributed by atoms with Gasteiger partial charge in [-0.15, -0.1) is 0 Å². The lowest BCUT2D eigenvalue weighted by Crippen LogP contribution is -2.82. The fourth-order valence-electron chi connectivity index (χ4n) is 10.2. The molecule has 3 aromatic rings. The molecule has 2 saturated carbocycles. The first-order valence-electron chi connectivity index (χ1n) is 20.6. The highest BCUT2D eigenvalue weighted by molar-refractivity contribution is 6.30.